The van der Waals surface area contributed by atoms with E-state index in [-0.39, 0.29) is 0 Å². The molecule has 0 radical (unpaired) electrons. The van der Waals surface area contributed by atoms with E-state index in [0.717, 1.165) is 18.1 Å². The smallest absolute Gasteiger partial charge is 0.126 e. The maximum atomic E-state index is 4.46. The third kappa shape index (κ3) is 2.19. The first-order valence-corrected chi connectivity index (χ1v) is 5.97. The molecule has 1 heterocycles. The number of nitrogens with one attached hydrogen (secondary N) is 1. The van der Waals surface area contributed by atoms with Gasteiger partial charge in [0.1, 0.15) is 5.82 Å². The van der Waals surface area contributed by atoms with Gasteiger partial charge in [-0.3, -0.25) is 0 Å². The van der Waals surface area contributed by atoms with Gasteiger partial charge in [-0.15, -0.1) is 0 Å². The average molecular weight is 219 g/mol. The van der Waals surface area contributed by atoms with E-state index in [9.17, 15) is 0 Å². The zero-order chi connectivity index (χ0) is 11.6. The summed E-state index contributed by atoms with van der Waals surface area (Å²) in [6.45, 7) is 3.02. The maximum Gasteiger partial charge on any atom is 0.126 e. The second-order valence-corrected chi connectivity index (χ2v) is 4.99. The summed E-state index contributed by atoms with van der Waals surface area (Å²) >= 11 is 0. The monoisotopic (exact) mass is 219 g/mol. The Morgan fingerprint density at radius 3 is 2.62 bits per heavy atom. The molecule has 3 nitrogen and oxygen atoms in total. The fraction of sp³-hybridized carbons (Fsp3) is 0.615. The predicted molar refractivity (Wildman–Crippen MR) is 67.7 cm³/mol. The molecule has 0 aliphatic heterocycles. The summed E-state index contributed by atoms with van der Waals surface area (Å²) in [5.41, 5.74) is 1.42. The molecule has 3 heteroatoms. The van der Waals surface area contributed by atoms with Crippen molar-refractivity contribution < 1.29 is 0 Å². The molecule has 1 fully saturated rings. The fourth-order valence-electron chi connectivity index (χ4n) is 2.26. The molecule has 1 aliphatic rings. The van der Waals surface area contributed by atoms with Gasteiger partial charge in [0, 0.05) is 17.8 Å². The zero-order valence-corrected chi connectivity index (χ0v) is 10.5. The number of pyridine rings is 1. The minimum Gasteiger partial charge on any atom is -0.368 e. The Balaban J connectivity index is 1.96. The molecule has 0 unspecified atom stereocenters. The van der Waals surface area contributed by atoms with Crippen molar-refractivity contribution in [1.82, 2.24) is 9.88 Å². The number of nitrogens with zero attached hydrogens (tertiary/aromatic N) is 2. The van der Waals surface area contributed by atoms with E-state index in [1.54, 1.807) is 0 Å². The summed E-state index contributed by atoms with van der Waals surface area (Å²) < 4.78 is 0. The van der Waals surface area contributed by atoms with Crippen LogP contribution in [0.4, 0.5) is 5.82 Å². The maximum absolute atomic E-state index is 4.46. The molecule has 1 saturated carbocycles. The SMILES string of the molecule is Cc1cccc(NCC2(N(C)C)CCC2)n1. The van der Waals surface area contributed by atoms with Crippen molar-refractivity contribution in [3.05, 3.63) is 23.9 Å². The van der Waals surface area contributed by atoms with E-state index in [1.165, 1.54) is 19.3 Å². The molecular weight excluding hydrogens is 198 g/mol. The highest BCUT2D eigenvalue weighted by molar-refractivity contribution is 5.36. The molecule has 1 aliphatic carbocycles. The number of hydrogen-bond donors (Lipinski definition) is 1. The van der Waals surface area contributed by atoms with E-state index in [2.05, 4.69) is 29.3 Å². The summed E-state index contributed by atoms with van der Waals surface area (Å²) in [7, 11) is 4.34. The lowest BCUT2D eigenvalue weighted by atomic mass is 9.75. The van der Waals surface area contributed by atoms with Gasteiger partial charge in [0.25, 0.3) is 0 Å². The van der Waals surface area contributed by atoms with Crippen LogP contribution in [0.15, 0.2) is 18.2 Å². The zero-order valence-electron chi connectivity index (χ0n) is 10.5. The third-order valence-electron chi connectivity index (χ3n) is 3.72. The van der Waals surface area contributed by atoms with Gasteiger partial charge < -0.3 is 10.2 Å². The van der Waals surface area contributed by atoms with Crippen LogP contribution in [0.1, 0.15) is 25.0 Å². The molecule has 2 rings (SSSR count). The summed E-state index contributed by atoms with van der Waals surface area (Å²) in [5.74, 6) is 0.994. The predicted octanol–water partition coefficient (Wildman–Crippen LogP) is 2.29. The summed E-state index contributed by atoms with van der Waals surface area (Å²) in [6, 6.07) is 6.11. The number of likely N-dealkylation sites (N-methyl/N-ethyl adjacent to an activating group) is 1. The average Bonchev–Trinajstić information content (AvgIpc) is 2.15. The normalized spacial score (nSPS) is 18.2. The molecule has 16 heavy (non-hydrogen) atoms. The van der Waals surface area contributed by atoms with E-state index in [0.29, 0.717) is 5.54 Å². The molecule has 88 valence electrons. The highest BCUT2D eigenvalue weighted by Crippen LogP contribution is 2.36. The van der Waals surface area contributed by atoms with Crippen LogP contribution in [-0.2, 0) is 0 Å². The minimum atomic E-state index is 0.353. The Bertz CT molecular complexity index is 356. The van der Waals surface area contributed by atoms with Crippen LogP contribution in [0.2, 0.25) is 0 Å². The van der Waals surface area contributed by atoms with Gasteiger partial charge in [0.2, 0.25) is 0 Å². The number of anilines is 1. The van der Waals surface area contributed by atoms with Gasteiger partial charge in [0.15, 0.2) is 0 Å². The topological polar surface area (TPSA) is 28.2 Å². The molecule has 0 aromatic carbocycles. The second-order valence-electron chi connectivity index (χ2n) is 4.99. The summed E-state index contributed by atoms with van der Waals surface area (Å²) in [4.78, 5) is 6.81. The van der Waals surface area contributed by atoms with Gasteiger partial charge >= 0.3 is 0 Å². The first-order valence-electron chi connectivity index (χ1n) is 5.97. The molecule has 1 aromatic rings. The van der Waals surface area contributed by atoms with Crippen LogP contribution in [0, 0.1) is 6.92 Å². The minimum absolute atomic E-state index is 0.353. The molecular formula is C13H21N3. The van der Waals surface area contributed by atoms with Crippen LogP contribution in [0.25, 0.3) is 0 Å². The van der Waals surface area contributed by atoms with E-state index in [4.69, 9.17) is 0 Å². The summed E-state index contributed by atoms with van der Waals surface area (Å²) in [5, 5.41) is 3.46. The van der Waals surface area contributed by atoms with Crippen molar-refractivity contribution in [2.45, 2.75) is 31.7 Å². The number of rotatable bonds is 4. The standard InChI is InChI=1S/C13H21N3/c1-11-6-4-7-12(15-11)14-10-13(16(2)3)8-5-9-13/h4,6-7H,5,8-10H2,1-3H3,(H,14,15). The van der Waals surface area contributed by atoms with E-state index < -0.39 is 0 Å². The van der Waals surface area contributed by atoms with Gasteiger partial charge in [-0.25, -0.2) is 4.98 Å². The van der Waals surface area contributed by atoms with Gasteiger partial charge in [-0.1, -0.05) is 6.07 Å². The lowest BCUT2D eigenvalue weighted by molar-refractivity contribution is 0.0738. The molecule has 0 spiro atoms. The Kier molecular flexibility index (Phi) is 3.15. The van der Waals surface area contributed by atoms with Crippen molar-refractivity contribution in [3.63, 3.8) is 0 Å². The largest absolute Gasteiger partial charge is 0.368 e. The number of aromatic nitrogens is 1. The van der Waals surface area contributed by atoms with Crippen molar-refractivity contribution in [2.24, 2.45) is 0 Å². The van der Waals surface area contributed by atoms with E-state index in [1.807, 2.05) is 25.1 Å². The molecule has 0 amide bonds. The molecule has 0 saturated heterocycles. The highest BCUT2D eigenvalue weighted by atomic mass is 15.2. The molecule has 1 N–H and O–H groups in total. The second kappa shape index (κ2) is 4.42. The first-order chi connectivity index (χ1) is 7.62. The third-order valence-corrected chi connectivity index (χ3v) is 3.72. The van der Waals surface area contributed by atoms with Gasteiger partial charge in [-0.2, -0.15) is 0 Å². The van der Waals surface area contributed by atoms with Crippen LogP contribution < -0.4 is 5.32 Å². The van der Waals surface area contributed by atoms with E-state index >= 15 is 0 Å². The number of hydrogen-bond acceptors (Lipinski definition) is 3. The van der Waals surface area contributed by atoms with Crippen molar-refractivity contribution in [3.8, 4) is 0 Å². The van der Waals surface area contributed by atoms with Gasteiger partial charge in [-0.05, 0) is 52.4 Å². The van der Waals surface area contributed by atoms with Gasteiger partial charge in [0.05, 0.1) is 0 Å². The first kappa shape index (κ1) is 11.4. The Hall–Kier alpha value is -1.09. The Labute approximate surface area is 97.9 Å². The number of aryl methyl sites for hydroxylation is 1. The summed E-state index contributed by atoms with van der Waals surface area (Å²) in [6.07, 6.45) is 3.93. The Morgan fingerprint density at radius 2 is 2.12 bits per heavy atom. The lowest BCUT2D eigenvalue weighted by Crippen LogP contribution is -2.54. The lowest BCUT2D eigenvalue weighted by Gasteiger charge is -2.47. The molecule has 0 atom stereocenters. The molecule has 0 bridgehead atoms. The van der Waals surface area contributed by atoms with Crippen LogP contribution >= 0.6 is 0 Å². The van der Waals surface area contributed by atoms with Crippen molar-refractivity contribution >= 4 is 5.82 Å². The van der Waals surface area contributed by atoms with Crippen molar-refractivity contribution in [2.75, 3.05) is 26.0 Å². The van der Waals surface area contributed by atoms with Crippen molar-refractivity contribution in [1.29, 1.82) is 0 Å². The highest BCUT2D eigenvalue weighted by Gasteiger charge is 2.38. The van der Waals surface area contributed by atoms with Crippen LogP contribution in [0.5, 0.6) is 0 Å². The fourth-order valence-corrected chi connectivity index (χ4v) is 2.26. The van der Waals surface area contributed by atoms with Crippen LogP contribution in [0.3, 0.4) is 0 Å². The van der Waals surface area contributed by atoms with Crippen LogP contribution in [-0.4, -0.2) is 36.1 Å². The molecule has 1 aromatic heterocycles. The quantitative estimate of drug-likeness (QED) is 0.842. The Morgan fingerprint density at radius 1 is 1.38 bits per heavy atom.